The normalized spacial score (nSPS) is 22.8. The molecule has 2 aromatic carbocycles. The van der Waals surface area contributed by atoms with E-state index in [0.717, 1.165) is 29.7 Å². The molecule has 0 aromatic heterocycles. The number of ether oxygens (including phenoxy) is 1. The minimum Gasteiger partial charge on any atom is -0.508 e. The van der Waals surface area contributed by atoms with Gasteiger partial charge in [-0.25, -0.2) is 0 Å². The standard InChI is InChI=1S/C25H30O2.ClH/c1-16-11-12-20-19(13-16)23-21(26)14-18(15-22(23)27-25(20,4)5)24(2,3)17-9-7-6-8-10-17;/h6-11,14-15,19-20,26H,12-13H2,1-5H3;1H. The molecule has 2 aromatic rings. The molecule has 0 saturated carbocycles. The molecule has 2 nitrogen and oxygen atoms in total. The molecule has 2 aliphatic rings. The molecule has 0 spiro atoms. The third-order valence-corrected chi connectivity index (χ3v) is 6.72. The summed E-state index contributed by atoms with van der Waals surface area (Å²) in [6.07, 6.45) is 4.35. The number of benzene rings is 2. The number of hydrogen-bond donors (Lipinski definition) is 1. The molecule has 1 aliphatic carbocycles. The molecule has 2 atom stereocenters. The van der Waals surface area contributed by atoms with E-state index in [1.807, 2.05) is 12.1 Å². The molecule has 28 heavy (non-hydrogen) atoms. The largest absolute Gasteiger partial charge is 0.508 e. The number of fused-ring (bicyclic) bond motifs is 3. The second-order valence-electron chi connectivity index (χ2n) is 9.31. The van der Waals surface area contributed by atoms with Crippen molar-refractivity contribution in [3.05, 3.63) is 70.8 Å². The minimum atomic E-state index is -0.239. The maximum Gasteiger partial charge on any atom is 0.127 e. The molecular formula is C25H31ClO2. The number of phenols is 1. The van der Waals surface area contributed by atoms with Crippen LogP contribution in [0, 0.1) is 5.92 Å². The van der Waals surface area contributed by atoms with Gasteiger partial charge in [-0.3, -0.25) is 0 Å². The number of halogens is 1. The zero-order valence-corrected chi connectivity index (χ0v) is 18.3. The van der Waals surface area contributed by atoms with E-state index in [1.54, 1.807) is 0 Å². The first-order valence-corrected chi connectivity index (χ1v) is 9.97. The van der Waals surface area contributed by atoms with Crippen LogP contribution in [0.15, 0.2) is 54.1 Å². The second-order valence-corrected chi connectivity index (χ2v) is 9.31. The smallest absolute Gasteiger partial charge is 0.127 e. The van der Waals surface area contributed by atoms with Crippen LogP contribution >= 0.6 is 12.4 Å². The molecule has 1 N–H and O–H groups in total. The first-order chi connectivity index (χ1) is 12.7. The van der Waals surface area contributed by atoms with Crippen molar-refractivity contribution in [1.29, 1.82) is 0 Å². The summed E-state index contributed by atoms with van der Waals surface area (Å²) in [7, 11) is 0. The van der Waals surface area contributed by atoms with Crippen molar-refractivity contribution >= 4 is 12.4 Å². The van der Waals surface area contributed by atoms with Gasteiger partial charge in [-0.2, -0.15) is 0 Å². The van der Waals surface area contributed by atoms with Gasteiger partial charge in [0.05, 0.1) is 0 Å². The van der Waals surface area contributed by atoms with Crippen LogP contribution in [0.1, 0.15) is 70.1 Å². The summed E-state index contributed by atoms with van der Waals surface area (Å²) in [4.78, 5) is 0. The highest BCUT2D eigenvalue weighted by Gasteiger charge is 2.46. The molecule has 0 saturated heterocycles. The Bertz CT molecular complexity index is 896. The Kier molecular flexibility index (Phi) is 5.31. The fourth-order valence-corrected chi connectivity index (χ4v) is 4.95. The summed E-state index contributed by atoms with van der Waals surface area (Å²) < 4.78 is 6.49. The van der Waals surface area contributed by atoms with Crippen molar-refractivity contribution in [3.63, 3.8) is 0 Å². The zero-order chi connectivity index (χ0) is 19.4. The van der Waals surface area contributed by atoms with Gasteiger partial charge in [0.25, 0.3) is 0 Å². The Hall–Kier alpha value is -1.93. The maximum absolute atomic E-state index is 11.0. The van der Waals surface area contributed by atoms with Crippen LogP contribution in [0.3, 0.4) is 0 Å². The lowest BCUT2D eigenvalue weighted by molar-refractivity contribution is 0.00745. The first kappa shape index (κ1) is 20.8. The molecule has 4 rings (SSSR count). The number of allylic oxidation sites excluding steroid dienone is 2. The Morgan fingerprint density at radius 1 is 1.07 bits per heavy atom. The van der Waals surface area contributed by atoms with Crippen LogP contribution in [0.4, 0.5) is 0 Å². The lowest BCUT2D eigenvalue weighted by atomic mass is 9.66. The summed E-state index contributed by atoms with van der Waals surface area (Å²) >= 11 is 0. The summed E-state index contributed by atoms with van der Waals surface area (Å²) in [5.74, 6) is 1.96. The minimum absolute atomic E-state index is 0. The van der Waals surface area contributed by atoms with Crippen LogP contribution < -0.4 is 4.74 Å². The van der Waals surface area contributed by atoms with Gasteiger partial charge in [-0.1, -0.05) is 55.8 Å². The number of rotatable bonds is 2. The van der Waals surface area contributed by atoms with E-state index in [4.69, 9.17) is 4.74 Å². The Morgan fingerprint density at radius 2 is 1.75 bits per heavy atom. The summed E-state index contributed by atoms with van der Waals surface area (Å²) in [5, 5.41) is 11.0. The van der Waals surface area contributed by atoms with Crippen molar-refractivity contribution in [2.75, 3.05) is 0 Å². The quantitative estimate of drug-likeness (QED) is 0.567. The van der Waals surface area contributed by atoms with Gasteiger partial charge in [-0.15, -0.1) is 12.4 Å². The molecule has 0 radical (unpaired) electrons. The topological polar surface area (TPSA) is 29.5 Å². The Balaban J connectivity index is 0.00000225. The predicted molar refractivity (Wildman–Crippen MR) is 118 cm³/mol. The van der Waals surface area contributed by atoms with Crippen molar-refractivity contribution in [2.24, 2.45) is 5.92 Å². The molecule has 0 fully saturated rings. The van der Waals surface area contributed by atoms with E-state index < -0.39 is 0 Å². The summed E-state index contributed by atoms with van der Waals surface area (Å²) in [6.45, 7) is 11.0. The lowest BCUT2D eigenvalue weighted by Gasteiger charge is -2.47. The van der Waals surface area contributed by atoms with E-state index in [1.165, 1.54) is 11.1 Å². The van der Waals surface area contributed by atoms with Gasteiger partial charge in [0.2, 0.25) is 0 Å². The molecule has 1 aliphatic heterocycles. The third-order valence-electron chi connectivity index (χ3n) is 6.72. The van der Waals surface area contributed by atoms with Gasteiger partial charge in [-0.05, 0) is 56.9 Å². The maximum atomic E-state index is 11.0. The lowest BCUT2D eigenvalue weighted by Crippen LogP contribution is -2.45. The van der Waals surface area contributed by atoms with Gasteiger partial charge in [0.1, 0.15) is 17.1 Å². The van der Waals surface area contributed by atoms with Crippen molar-refractivity contribution in [3.8, 4) is 11.5 Å². The zero-order valence-electron chi connectivity index (χ0n) is 17.5. The van der Waals surface area contributed by atoms with E-state index in [2.05, 4.69) is 71.0 Å². The average molecular weight is 399 g/mol. The summed E-state index contributed by atoms with van der Waals surface area (Å²) in [5.41, 5.74) is 4.28. The van der Waals surface area contributed by atoms with Crippen LogP contribution in [0.25, 0.3) is 0 Å². The highest BCUT2D eigenvalue weighted by molar-refractivity contribution is 5.85. The van der Waals surface area contributed by atoms with Crippen LogP contribution in [-0.2, 0) is 5.41 Å². The highest BCUT2D eigenvalue weighted by Crippen LogP contribution is 2.55. The molecule has 150 valence electrons. The van der Waals surface area contributed by atoms with Crippen molar-refractivity contribution in [2.45, 2.75) is 64.4 Å². The van der Waals surface area contributed by atoms with E-state index in [-0.39, 0.29) is 23.4 Å². The average Bonchev–Trinajstić information content (AvgIpc) is 2.61. The van der Waals surface area contributed by atoms with Crippen LogP contribution in [0.2, 0.25) is 0 Å². The fourth-order valence-electron chi connectivity index (χ4n) is 4.95. The molecule has 3 heteroatoms. The molecule has 2 unspecified atom stereocenters. The van der Waals surface area contributed by atoms with Crippen LogP contribution in [0.5, 0.6) is 11.5 Å². The van der Waals surface area contributed by atoms with E-state index in [0.29, 0.717) is 17.6 Å². The monoisotopic (exact) mass is 398 g/mol. The van der Waals surface area contributed by atoms with E-state index >= 15 is 0 Å². The van der Waals surface area contributed by atoms with Gasteiger partial charge < -0.3 is 9.84 Å². The molecule has 1 heterocycles. The Morgan fingerprint density at radius 3 is 2.43 bits per heavy atom. The number of aromatic hydroxyl groups is 1. The van der Waals surface area contributed by atoms with Crippen LogP contribution in [-0.4, -0.2) is 10.7 Å². The Labute approximate surface area is 175 Å². The third kappa shape index (κ3) is 3.33. The number of phenolic OH excluding ortho intramolecular Hbond substituents is 1. The molecular weight excluding hydrogens is 368 g/mol. The van der Waals surface area contributed by atoms with E-state index in [9.17, 15) is 5.11 Å². The molecule has 0 bridgehead atoms. The predicted octanol–water partition coefficient (Wildman–Crippen LogP) is 6.75. The van der Waals surface area contributed by atoms with Gasteiger partial charge in [0.15, 0.2) is 0 Å². The fraction of sp³-hybridized carbons (Fsp3) is 0.440. The summed E-state index contributed by atoms with van der Waals surface area (Å²) in [6, 6.07) is 14.6. The second kappa shape index (κ2) is 7.15. The highest BCUT2D eigenvalue weighted by atomic mass is 35.5. The number of hydrogen-bond acceptors (Lipinski definition) is 2. The SMILES string of the molecule is CC1=CCC2C(C1)c1c(O)cc(C(C)(C)c3ccccc3)cc1OC2(C)C.Cl. The van der Waals surface area contributed by atoms with Crippen molar-refractivity contribution in [1.82, 2.24) is 0 Å². The van der Waals surface area contributed by atoms with Gasteiger partial charge in [0, 0.05) is 22.8 Å². The van der Waals surface area contributed by atoms with Crippen molar-refractivity contribution < 1.29 is 9.84 Å². The van der Waals surface area contributed by atoms with Gasteiger partial charge >= 0.3 is 0 Å². The molecule has 0 amide bonds. The first-order valence-electron chi connectivity index (χ1n) is 9.97.